The molecule has 0 amide bonds. The van der Waals surface area contributed by atoms with E-state index in [0.29, 0.717) is 19.1 Å². The first kappa shape index (κ1) is 15.9. The molecule has 1 fully saturated rings. The fraction of sp³-hybridized carbons (Fsp3) is 0.550. The number of nitrogens with one attached hydrogen (secondary N) is 1. The quantitative estimate of drug-likeness (QED) is 0.859. The zero-order valence-electron chi connectivity index (χ0n) is 14.7. The number of aliphatic imine (C=N–C) groups is 1. The molecule has 128 valence electrons. The van der Waals surface area contributed by atoms with Crippen LogP contribution >= 0.6 is 0 Å². The van der Waals surface area contributed by atoms with Crippen LogP contribution in [0.15, 0.2) is 35.3 Å². The number of benzene rings is 1. The van der Waals surface area contributed by atoms with Crippen LogP contribution in [0.3, 0.4) is 0 Å². The average Bonchev–Trinajstić information content (AvgIpc) is 2.60. The van der Waals surface area contributed by atoms with Crippen LogP contribution in [-0.4, -0.2) is 38.1 Å². The Balaban J connectivity index is 1.72. The summed E-state index contributed by atoms with van der Waals surface area (Å²) in [4.78, 5) is 4.43. The molecule has 4 rings (SSSR count). The second-order valence-corrected chi connectivity index (χ2v) is 7.91. The minimum Gasteiger partial charge on any atom is -0.379 e. The fourth-order valence-electron chi connectivity index (χ4n) is 3.84. The van der Waals surface area contributed by atoms with Gasteiger partial charge in [-0.15, -0.1) is 0 Å². The van der Waals surface area contributed by atoms with Crippen LogP contribution in [0.4, 0.5) is 5.69 Å². The third kappa shape index (κ3) is 2.78. The molecule has 1 unspecified atom stereocenters. The Hall–Kier alpha value is -1.65. The lowest BCUT2D eigenvalue weighted by atomic mass is 9.80. The van der Waals surface area contributed by atoms with Gasteiger partial charge in [0.1, 0.15) is 12.2 Å². The molecule has 4 atom stereocenters. The van der Waals surface area contributed by atoms with Gasteiger partial charge in [0.25, 0.3) is 0 Å². The lowest BCUT2D eigenvalue weighted by Crippen LogP contribution is -2.52. The summed E-state index contributed by atoms with van der Waals surface area (Å²) in [7, 11) is 0. The van der Waals surface area contributed by atoms with E-state index >= 15 is 0 Å². The second-order valence-electron chi connectivity index (χ2n) is 7.91. The molecule has 4 heteroatoms. The summed E-state index contributed by atoms with van der Waals surface area (Å²) < 4.78 is 12.3. The van der Waals surface area contributed by atoms with Crippen molar-refractivity contribution in [1.29, 1.82) is 0 Å². The number of dihydropyridines is 1. The van der Waals surface area contributed by atoms with Crippen molar-refractivity contribution in [1.82, 2.24) is 0 Å². The number of fused-ring (bicyclic) bond motifs is 3. The van der Waals surface area contributed by atoms with Crippen molar-refractivity contribution in [3.63, 3.8) is 0 Å². The van der Waals surface area contributed by atoms with E-state index in [1.54, 1.807) is 0 Å². The molecule has 3 heterocycles. The van der Waals surface area contributed by atoms with Gasteiger partial charge in [0.2, 0.25) is 0 Å². The standard InChI is InChI=1S/C20H26N2O2/c1-20(2,3)14-6-7-16-15(11-14)18-19(24-10-9-23-18)17(22-16)13-5-4-8-21-12-13/h4-8,11,13,17-19,22H,9-10,12H2,1-3H3/t13?,17-,18+,19-/m0/s1. The molecule has 3 aliphatic rings. The van der Waals surface area contributed by atoms with Gasteiger partial charge in [-0.05, 0) is 23.1 Å². The fourth-order valence-corrected chi connectivity index (χ4v) is 3.84. The van der Waals surface area contributed by atoms with Gasteiger partial charge in [0.15, 0.2) is 0 Å². The molecule has 0 radical (unpaired) electrons. The smallest absolute Gasteiger partial charge is 0.113 e. The topological polar surface area (TPSA) is 42.9 Å². The average molecular weight is 326 g/mol. The van der Waals surface area contributed by atoms with Gasteiger partial charge in [-0.1, -0.05) is 39.0 Å². The highest BCUT2D eigenvalue weighted by Crippen LogP contribution is 2.42. The van der Waals surface area contributed by atoms with Gasteiger partial charge in [-0.2, -0.15) is 0 Å². The van der Waals surface area contributed by atoms with Crippen molar-refractivity contribution in [2.75, 3.05) is 25.1 Å². The van der Waals surface area contributed by atoms with Gasteiger partial charge >= 0.3 is 0 Å². The minimum atomic E-state index is 0.00149. The van der Waals surface area contributed by atoms with Crippen molar-refractivity contribution in [2.24, 2.45) is 10.9 Å². The first-order valence-corrected chi connectivity index (χ1v) is 8.85. The van der Waals surface area contributed by atoms with Gasteiger partial charge < -0.3 is 14.8 Å². The summed E-state index contributed by atoms with van der Waals surface area (Å²) >= 11 is 0. The zero-order valence-corrected chi connectivity index (χ0v) is 14.7. The number of ether oxygens (including phenoxy) is 2. The Morgan fingerprint density at radius 1 is 1.17 bits per heavy atom. The van der Waals surface area contributed by atoms with Crippen LogP contribution in [0.2, 0.25) is 0 Å². The molecular weight excluding hydrogens is 300 g/mol. The Bertz CT molecular complexity index is 675. The summed E-state index contributed by atoms with van der Waals surface area (Å²) in [5, 5.41) is 3.71. The van der Waals surface area contributed by atoms with E-state index in [2.05, 4.69) is 55.4 Å². The predicted octanol–water partition coefficient (Wildman–Crippen LogP) is 3.49. The Morgan fingerprint density at radius 2 is 2.00 bits per heavy atom. The van der Waals surface area contributed by atoms with Gasteiger partial charge in [0.05, 0.1) is 19.3 Å². The first-order valence-electron chi connectivity index (χ1n) is 8.85. The van der Waals surface area contributed by atoms with Crippen molar-refractivity contribution >= 4 is 11.9 Å². The van der Waals surface area contributed by atoms with Crippen LogP contribution in [-0.2, 0) is 14.9 Å². The molecule has 0 aliphatic carbocycles. The van der Waals surface area contributed by atoms with Gasteiger partial charge in [-0.3, -0.25) is 4.99 Å². The molecule has 1 saturated heterocycles. The minimum absolute atomic E-state index is 0.00149. The molecule has 1 N–H and O–H groups in total. The van der Waals surface area contributed by atoms with Gasteiger partial charge in [0, 0.05) is 29.9 Å². The largest absolute Gasteiger partial charge is 0.379 e. The lowest BCUT2D eigenvalue weighted by molar-refractivity contribution is -0.153. The number of allylic oxidation sites excluding steroid dienone is 1. The van der Waals surface area contributed by atoms with Crippen molar-refractivity contribution < 1.29 is 9.47 Å². The lowest BCUT2D eigenvalue weighted by Gasteiger charge is -2.45. The van der Waals surface area contributed by atoms with E-state index in [1.165, 1.54) is 16.8 Å². The molecular formula is C20H26N2O2. The molecule has 0 bridgehead atoms. The third-order valence-electron chi connectivity index (χ3n) is 5.22. The van der Waals surface area contributed by atoms with E-state index in [0.717, 1.165) is 6.54 Å². The molecule has 1 aromatic carbocycles. The number of hydrogen-bond donors (Lipinski definition) is 1. The third-order valence-corrected chi connectivity index (χ3v) is 5.22. The maximum Gasteiger partial charge on any atom is 0.113 e. The van der Waals surface area contributed by atoms with Crippen molar-refractivity contribution in [3.8, 4) is 0 Å². The Morgan fingerprint density at radius 3 is 2.75 bits per heavy atom. The molecule has 0 saturated carbocycles. The van der Waals surface area contributed by atoms with Gasteiger partial charge in [-0.25, -0.2) is 0 Å². The Kier molecular flexibility index (Phi) is 3.97. The van der Waals surface area contributed by atoms with E-state index in [9.17, 15) is 0 Å². The SMILES string of the molecule is CC(C)(C)c1ccc2c(c1)[C@H]1OCCO[C@H]1[C@H](C1C=CC=NC1)N2. The summed E-state index contributed by atoms with van der Waals surface area (Å²) in [5.41, 5.74) is 3.85. The highest BCUT2D eigenvalue weighted by atomic mass is 16.6. The molecule has 1 aromatic rings. The maximum atomic E-state index is 6.17. The zero-order chi connectivity index (χ0) is 16.7. The Labute approximate surface area is 144 Å². The second kappa shape index (κ2) is 6.01. The molecule has 3 aliphatic heterocycles. The summed E-state index contributed by atoms with van der Waals surface area (Å²) in [6.45, 7) is 8.85. The maximum absolute atomic E-state index is 6.17. The number of nitrogens with zero attached hydrogens (tertiary/aromatic N) is 1. The molecule has 0 aromatic heterocycles. The number of hydrogen-bond acceptors (Lipinski definition) is 4. The van der Waals surface area contributed by atoms with Crippen LogP contribution < -0.4 is 5.32 Å². The molecule has 4 nitrogen and oxygen atoms in total. The normalized spacial score (nSPS) is 32.0. The summed E-state index contributed by atoms with van der Waals surface area (Å²) in [6.07, 6.45) is 6.17. The highest BCUT2D eigenvalue weighted by Gasteiger charge is 2.43. The molecule has 0 spiro atoms. The first-order chi connectivity index (χ1) is 11.5. The van der Waals surface area contributed by atoms with E-state index in [4.69, 9.17) is 9.47 Å². The number of anilines is 1. The van der Waals surface area contributed by atoms with Crippen LogP contribution in [0, 0.1) is 5.92 Å². The van der Waals surface area contributed by atoms with Crippen molar-refractivity contribution in [2.45, 2.75) is 44.4 Å². The van der Waals surface area contributed by atoms with Crippen LogP contribution in [0.1, 0.15) is 38.0 Å². The number of rotatable bonds is 1. The molecule has 24 heavy (non-hydrogen) atoms. The van der Waals surface area contributed by atoms with Crippen LogP contribution in [0.25, 0.3) is 0 Å². The predicted molar refractivity (Wildman–Crippen MR) is 97.0 cm³/mol. The summed E-state index contributed by atoms with van der Waals surface area (Å²) in [5.74, 6) is 0.333. The van der Waals surface area contributed by atoms with E-state index in [-0.39, 0.29) is 23.7 Å². The summed E-state index contributed by atoms with van der Waals surface area (Å²) in [6, 6.07) is 6.91. The monoisotopic (exact) mass is 326 g/mol. The van der Waals surface area contributed by atoms with E-state index in [1.807, 2.05) is 12.3 Å². The van der Waals surface area contributed by atoms with Crippen LogP contribution in [0.5, 0.6) is 0 Å². The highest BCUT2D eigenvalue weighted by molar-refractivity contribution is 5.72. The van der Waals surface area contributed by atoms with Crippen molar-refractivity contribution in [3.05, 3.63) is 41.5 Å². The van der Waals surface area contributed by atoms with E-state index < -0.39 is 0 Å².